The van der Waals surface area contributed by atoms with Gasteiger partial charge in [-0.05, 0) is 44.9 Å². The summed E-state index contributed by atoms with van der Waals surface area (Å²) in [6.45, 7) is 4.60. The molecule has 6 nitrogen and oxygen atoms in total. The topological polar surface area (TPSA) is 70.7 Å². The number of allylic oxidation sites excluding steroid dienone is 1. The van der Waals surface area contributed by atoms with Crippen molar-refractivity contribution in [1.82, 2.24) is 15.5 Å². The van der Waals surface area contributed by atoms with Gasteiger partial charge in [0.1, 0.15) is 0 Å². The minimum atomic E-state index is -0.511. The Balaban J connectivity index is 1.45. The van der Waals surface area contributed by atoms with Crippen LogP contribution in [0, 0.1) is 0 Å². The fourth-order valence-electron chi connectivity index (χ4n) is 4.27. The van der Waals surface area contributed by atoms with E-state index in [4.69, 9.17) is 4.74 Å². The second kappa shape index (κ2) is 10.5. The van der Waals surface area contributed by atoms with Crippen molar-refractivity contribution in [3.05, 3.63) is 11.6 Å². The highest BCUT2D eigenvalue weighted by Gasteiger charge is 2.39. The second-order valence-electron chi connectivity index (χ2n) is 7.73. The van der Waals surface area contributed by atoms with Gasteiger partial charge in [0.05, 0.1) is 0 Å². The molecule has 2 aliphatic heterocycles. The molecular formula is C20H33N3O3S. The Morgan fingerprint density at radius 3 is 2.56 bits per heavy atom. The van der Waals surface area contributed by atoms with Gasteiger partial charge in [0.25, 0.3) is 0 Å². The number of amides is 2. The monoisotopic (exact) mass is 395 g/mol. The number of nitrogens with one attached hydrogen (secondary N) is 2. The molecule has 0 unspecified atom stereocenters. The lowest BCUT2D eigenvalue weighted by molar-refractivity contribution is -0.139. The Hall–Kier alpha value is -1.05. The first-order valence-corrected chi connectivity index (χ1v) is 11.5. The third kappa shape index (κ3) is 5.96. The summed E-state index contributed by atoms with van der Waals surface area (Å²) in [5.41, 5.74) is 1.34. The molecule has 0 aromatic rings. The molecule has 27 heavy (non-hydrogen) atoms. The standard InChI is InChI=1S/C20H33N3O3S/c24-18(21-9-6-17-4-2-1-3-5-17)19(25)22-16-20(7-12-26-13-8-20)23-10-14-27-15-11-23/h4H,1-3,5-16H2,(H,21,24)(H,22,25). The molecule has 2 N–H and O–H groups in total. The third-order valence-corrected chi connectivity index (χ3v) is 6.95. The summed E-state index contributed by atoms with van der Waals surface area (Å²) in [7, 11) is 0. The molecule has 3 aliphatic rings. The van der Waals surface area contributed by atoms with Crippen LogP contribution in [0.2, 0.25) is 0 Å². The van der Waals surface area contributed by atoms with Gasteiger partial charge in [0.2, 0.25) is 0 Å². The highest BCUT2D eigenvalue weighted by molar-refractivity contribution is 7.99. The highest BCUT2D eigenvalue weighted by atomic mass is 32.2. The maximum atomic E-state index is 12.3. The average molecular weight is 396 g/mol. The van der Waals surface area contributed by atoms with Crippen LogP contribution in [0.15, 0.2) is 11.6 Å². The molecule has 0 aromatic heterocycles. The lowest BCUT2D eigenvalue weighted by Crippen LogP contribution is -2.61. The molecule has 1 aliphatic carbocycles. The molecule has 2 saturated heterocycles. The molecular weight excluding hydrogens is 362 g/mol. The molecule has 7 heteroatoms. The molecule has 0 saturated carbocycles. The van der Waals surface area contributed by atoms with Gasteiger partial charge in [0.15, 0.2) is 0 Å². The first kappa shape index (κ1) is 20.7. The fourth-order valence-corrected chi connectivity index (χ4v) is 5.17. The maximum Gasteiger partial charge on any atom is 0.309 e. The van der Waals surface area contributed by atoms with E-state index in [-0.39, 0.29) is 5.54 Å². The molecule has 3 rings (SSSR count). The van der Waals surface area contributed by atoms with E-state index >= 15 is 0 Å². The summed E-state index contributed by atoms with van der Waals surface area (Å²) < 4.78 is 5.55. The zero-order valence-electron chi connectivity index (χ0n) is 16.3. The molecule has 2 fully saturated rings. The van der Waals surface area contributed by atoms with Crippen molar-refractivity contribution in [1.29, 1.82) is 0 Å². The smallest absolute Gasteiger partial charge is 0.309 e. The third-order valence-electron chi connectivity index (χ3n) is 6.01. The summed E-state index contributed by atoms with van der Waals surface area (Å²) in [5.74, 6) is 1.24. The van der Waals surface area contributed by atoms with Gasteiger partial charge in [-0.2, -0.15) is 11.8 Å². The largest absolute Gasteiger partial charge is 0.381 e. The van der Waals surface area contributed by atoms with Crippen LogP contribution < -0.4 is 10.6 Å². The Labute approximate surface area is 166 Å². The van der Waals surface area contributed by atoms with Crippen LogP contribution in [0.4, 0.5) is 0 Å². The van der Waals surface area contributed by atoms with Crippen LogP contribution in [-0.2, 0) is 14.3 Å². The predicted molar refractivity (Wildman–Crippen MR) is 109 cm³/mol. The maximum absolute atomic E-state index is 12.3. The molecule has 0 bridgehead atoms. The fraction of sp³-hybridized carbons (Fsp3) is 0.800. The van der Waals surface area contributed by atoms with Crippen LogP contribution in [0.1, 0.15) is 44.9 Å². The van der Waals surface area contributed by atoms with Crippen LogP contribution in [-0.4, -0.2) is 73.2 Å². The van der Waals surface area contributed by atoms with E-state index in [1.807, 2.05) is 11.8 Å². The molecule has 0 spiro atoms. The first-order chi connectivity index (χ1) is 13.2. The van der Waals surface area contributed by atoms with Crippen LogP contribution in [0.3, 0.4) is 0 Å². The van der Waals surface area contributed by atoms with Crippen molar-refractivity contribution in [3.8, 4) is 0 Å². The summed E-state index contributed by atoms with van der Waals surface area (Å²) >= 11 is 1.98. The Morgan fingerprint density at radius 2 is 1.85 bits per heavy atom. The number of hydrogen-bond donors (Lipinski definition) is 2. The zero-order chi connectivity index (χ0) is 19.0. The van der Waals surface area contributed by atoms with Gasteiger partial charge >= 0.3 is 11.8 Å². The molecule has 0 radical (unpaired) electrons. The van der Waals surface area contributed by atoms with E-state index in [0.717, 1.165) is 69.9 Å². The molecule has 152 valence electrons. The first-order valence-electron chi connectivity index (χ1n) is 10.3. The Bertz CT molecular complexity index is 541. The highest BCUT2D eigenvalue weighted by Crippen LogP contribution is 2.30. The van der Waals surface area contributed by atoms with Crippen LogP contribution in [0.25, 0.3) is 0 Å². The molecule has 2 heterocycles. The van der Waals surface area contributed by atoms with Crippen molar-refractivity contribution in [3.63, 3.8) is 0 Å². The van der Waals surface area contributed by atoms with Crippen molar-refractivity contribution in [2.45, 2.75) is 50.5 Å². The van der Waals surface area contributed by atoms with Crippen molar-refractivity contribution in [2.24, 2.45) is 0 Å². The predicted octanol–water partition coefficient (Wildman–Crippen LogP) is 1.71. The Kier molecular flexibility index (Phi) is 8.03. The quantitative estimate of drug-likeness (QED) is 0.529. The number of ether oxygens (including phenoxy) is 1. The number of hydrogen-bond acceptors (Lipinski definition) is 5. The van der Waals surface area contributed by atoms with Gasteiger partial charge in [-0.25, -0.2) is 0 Å². The van der Waals surface area contributed by atoms with Crippen molar-refractivity contribution in [2.75, 3.05) is 50.9 Å². The van der Waals surface area contributed by atoms with Gasteiger partial charge < -0.3 is 15.4 Å². The van der Waals surface area contributed by atoms with Gasteiger partial charge in [-0.3, -0.25) is 14.5 Å². The van der Waals surface area contributed by atoms with Crippen LogP contribution in [0.5, 0.6) is 0 Å². The molecule has 2 amide bonds. The van der Waals surface area contributed by atoms with E-state index < -0.39 is 11.8 Å². The van der Waals surface area contributed by atoms with E-state index in [9.17, 15) is 9.59 Å². The number of rotatable bonds is 6. The van der Waals surface area contributed by atoms with E-state index in [2.05, 4.69) is 21.6 Å². The number of carbonyl (C=O) groups is 2. The van der Waals surface area contributed by atoms with Gasteiger partial charge in [0, 0.05) is 56.4 Å². The lowest BCUT2D eigenvalue weighted by Gasteiger charge is -2.47. The van der Waals surface area contributed by atoms with Crippen molar-refractivity contribution < 1.29 is 14.3 Å². The van der Waals surface area contributed by atoms with Crippen LogP contribution >= 0.6 is 11.8 Å². The molecule has 0 aromatic carbocycles. The zero-order valence-corrected chi connectivity index (χ0v) is 17.1. The van der Waals surface area contributed by atoms with E-state index in [0.29, 0.717) is 13.1 Å². The summed E-state index contributed by atoms with van der Waals surface area (Å²) in [4.78, 5) is 27.0. The van der Waals surface area contributed by atoms with Crippen molar-refractivity contribution >= 4 is 23.6 Å². The van der Waals surface area contributed by atoms with Gasteiger partial charge in [-0.1, -0.05) is 11.6 Å². The minimum Gasteiger partial charge on any atom is -0.381 e. The normalized spacial score (nSPS) is 23.3. The average Bonchev–Trinajstić information content (AvgIpc) is 2.74. The second-order valence-corrected chi connectivity index (χ2v) is 8.96. The summed E-state index contributed by atoms with van der Waals surface area (Å²) in [6.07, 6.45) is 9.72. The summed E-state index contributed by atoms with van der Waals surface area (Å²) in [6, 6.07) is 0. The minimum absolute atomic E-state index is 0.0674. The van der Waals surface area contributed by atoms with E-state index in [1.165, 1.54) is 18.4 Å². The Morgan fingerprint density at radius 1 is 1.11 bits per heavy atom. The van der Waals surface area contributed by atoms with E-state index in [1.54, 1.807) is 0 Å². The number of nitrogens with zero attached hydrogens (tertiary/aromatic N) is 1. The SMILES string of the molecule is O=C(NCCC1=CCCCC1)C(=O)NCC1(N2CCSCC2)CCOCC1. The number of thioether (sulfide) groups is 1. The van der Waals surface area contributed by atoms with Gasteiger partial charge in [-0.15, -0.1) is 0 Å². The molecule has 0 atom stereocenters. The number of carbonyl (C=O) groups excluding carboxylic acids is 2. The lowest BCUT2D eigenvalue weighted by atomic mass is 9.87. The summed E-state index contributed by atoms with van der Waals surface area (Å²) in [5, 5.41) is 5.69.